The molecule has 0 saturated heterocycles. The van der Waals surface area contributed by atoms with Gasteiger partial charge in [0.1, 0.15) is 5.82 Å². The van der Waals surface area contributed by atoms with Gasteiger partial charge in [-0.05, 0) is 54.4 Å². The van der Waals surface area contributed by atoms with E-state index in [1.54, 1.807) is 0 Å². The summed E-state index contributed by atoms with van der Waals surface area (Å²) in [6, 6.07) is 9.02. The molecule has 1 aliphatic rings. The highest BCUT2D eigenvalue weighted by Gasteiger charge is 2.32. The van der Waals surface area contributed by atoms with E-state index in [-0.39, 0.29) is 16.3 Å². The third kappa shape index (κ3) is 3.03. The van der Waals surface area contributed by atoms with Crippen LogP contribution in [0.4, 0.5) is 10.1 Å². The van der Waals surface area contributed by atoms with Crippen molar-refractivity contribution in [3.63, 3.8) is 0 Å². The van der Waals surface area contributed by atoms with Crippen LogP contribution in [0.25, 0.3) is 0 Å². The van der Waals surface area contributed by atoms with E-state index in [0.29, 0.717) is 17.7 Å². The molecule has 9 heteroatoms. The highest BCUT2D eigenvalue weighted by molar-refractivity contribution is 7.92. The summed E-state index contributed by atoms with van der Waals surface area (Å²) < 4.78 is 65.4. The van der Waals surface area contributed by atoms with Crippen LogP contribution in [-0.4, -0.2) is 41.8 Å². The lowest BCUT2D eigenvalue weighted by atomic mass is 10.2. The predicted molar refractivity (Wildman–Crippen MR) is 92.0 cm³/mol. The minimum absolute atomic E-state index is 0.00765. The van der Waals surface area contributed by atoms with Gasteiger partial charge in [0.15, 0.2) is 0 Å². The Labute approximate surface area is 146 Å². The van der Waals surface area contributed by atoms with Crippen molar-refractivity contribution in [3.05, 3.63) is 53.8 Å². The molecule has 0 spiro atoms. The first kappa shape index (κ1) is 17.8. The van der Waals surface area contributed by atoms with Crippen molar-refractivity contribution in [1.29, 1.82) is 0 Å². The first-order chi connectivity index (χ1) is 11.6. The largest absolute Gasteiger partial charge is 0.266 e. The van der Waals surface area contributed by atoms with Crippen molar-refractivity contribution < 1.29 is 21.2 Å². The molecule has 1 aliphatic heterocycles. The molecule has 0 saturated carbocycles. The molecule has 0 aromatic heterocycles. The van der Waals surface area contributed by atoms with Crippen LogP contribution in [-0.2, 0) is 26.5 Å². The Morgan fingerprint density at radius 2 is 1.56 bits per heavy atom. The number of hydrogen-bond acceptors (Lipinski definition) is 4. The maximum Gasteiger partial charge on any atom is 0.264 e. The molecule has 0 radical (unpaired) electrons. The Hall–Kier alpha value is -1.97. The van der Waals surface area contributed by atoms with Gasteiger partial charge in [0.2, 0.25) is 10.0 Å². The van der Waals surface area contributed by atoms with E-state index in [1.807, 2.05) is 0 Å². The molecular weight excluding hydrogens is 367 g/mol. The monoisotopic (exact) mass is 384 g/mol. The van der Waals surface area contributed by atoms with E-state index < -0.39 is 25.9 Å². The lowest BCUT2D eigenvalue weighted by Gasteiger charge is -2.20. The third-order valence-electron chi connectivity index (χ3n) is 4.08. The minimum atomic E-state index is -3.83. The first-order valence-corrected chi connectivity index (χ1v) is 10.4. The molecule has 0 amide bonds. The summed E-state index contributed by atoms with van der Waals surface area (Å²) in [7, 11) is -4.53. The molecule has 2 aromatic carbocycles. The third-order valence-corrected chi connectivity index (χ3v) is 7.72. The highest BCUT2D eigenvalue weighted by atomic mass is 32.2. The van der Waals surface area contributed by atoms with Crippen molar-refractivity contribution in [2.75, 3.05) is 24.9 Å². The zero-order valence-corrected chi connectivity index (χ0v) is 15.3. The molecule has 1 heterocycles. The topological polar surface area (TPSA) is 74.8 Å². The maximum absolute atomic E-state index is 13.0. The van der Waals surface area contributed by atoms with Crippen LogP contribution >= 0.6 is 0 Å². The standard InChI is InChI=1S/C16H17FN2O4S2/c1-18(2)24(20,21)15-7-8-16-12(11-15)9-10-19(16)25(22,23)14-5-3-13(17)4-6-14/h3-8,11H,9-10H2,1-2H3. The van der Waals surface area contributed by atoms with Crippen molar-refractivity contribution in [3.8, 4) is 0 Å². The van der Waals surface area contributed by atoms with E-state index in [2.05, 4.69) is 0 Å². The van der Waals surface area contributed by atoms with Crippen molar-refractivity contribution in [2.45, 2.75) is 16.2 Å². The molecular formula is C16H17FN2O4S2. The second-order valence-electron chi connectivity index (χ2n) is 5.86. The van der Waals surface area contributed by atoms with Gasteiger partial charge in [-0.15, -0.1) is 0 Å². The van der Waals surface area contributed by atoms with Gasteiger partial charge in [-0.2, -0.15) is 0 Å². The molecule has 0 N–H and O–H groups in total. The van der Waals surface area contributed by atoms with Gasteiger partial charge in [-0.25, -0.2) is 25.5 Å². The summed E-state index contributed by atoms with van der Waals surface area (Å²) in [6.07, 6.45) is 0.409. The number of anilines is 1. The Kier molecular flexibility index (Phi) is 4.34. The molecule has 0 unspecified atom stereocenters. The molecule has 3 rings (SSSR count). The van der Waals surface area contributed by atoms with Gasteiger partial charge in [0.25, 0.3) is 10.0 Å². The SMILES string of the molecule is CN(C)S(=O)(=O)c1ccc2c(c1)CCN2S(=O)(=O)c1ccc(F)cc1. The number of benzene rings is 2. The fourth-order valence-corrected chi connectivity index (χ4v) is 5.16. The van der Waals surface area contributed by atoms with Crippen LogP contribution in [0.5, 0.6) is 0 Å². The Balaban J connectivity index is 2.02. The fourth-order valence-electron chi connectivity index (χ4n) is 2.70. The van der Waals surface area contributed by atoms with Crippen molar-refractivity contribution in [1.82, 2.24) is 4.31 Å². The number of rotatable bonds is 4. The summed E-state index contributed by atoms with van der Waals surface area (Å²) in [5.74, 6) is -0.515. The number of fused-ring (bicyclic) bond motifs is 1. The second-order valence-corrected chi connectivity index (χ2v) is 9.87. The number of halogens is 1. The lowest BCUT2D eigenvalue weighted by Crippen LogP contribution is -2.29. The van der Waals surface area contributed by atoms with Gasteiger partial charge in [-0.3, -0.25) is 4.31 Å². The van der Waals surface area contributed by atoms with E-state index in [1.165, 1.54) is 48.7 Å². The van der Waals surface area contributed by atoms with E-state index in [9.17, 15) is 21.2 Å². The lowest BCUT2D eigenvalue weighted by molar-refractivity contribution is 0.520. The molecule has 0 atom stereocenters. The Morgan fingerprint density at radius 1 is 0.960 bits per heavy atom. The molecule has 0 bridgehead atoms. The zero-order chi connectivity index (χ0) is 18.4. The summed E-state index contributed by atoms with van der Waals surface area (Å²) in [5, 5.41) is 0. The summed E-state index contributed by atoms with van der Waals surface area (Å²) in [4.78, 5) is 0.115. The van der Waals surface area contributed by atoms with Crippen LogP contribution in [0, 0.1) is 5.82 Å². The van der Waals surface area contributed by atoms with Gasteiger partial charge < -0.3 is 0 Å². The first-order valence-electron chi connectivity index (χ1n) is 7.48. The van der Waals surface area contributed by atoms with E-state index >= 15 is 0 Å². The number of hydrogen-bond donors (Lipinski definition) is 0. The van der Waals surface area contributed by atoms with Crippen LogP contribution in [0.2, 0.25) is 0 Å². The zero-order valence-electron chi connectivity index (χ0n) is 13.7. The molecule has 0 fully saturated rings. The van der Waals surface area contributed by atoms with Gasteiger partial charge >= 0.3 is 0 Å². The Morgan fingerprint density at radius 3 is 2.16 bits per heavy atom. The normalized spacial score (nSPS) is 14.8. The average Bonchev–Trinajstić information content (AvgIpc) is 2.99. The highest BCUT2D eigenvalue weighted by Crippen LogP contribution is 2.34. The fraction of sp³-hybridized carbons (Fsp3) is 0.250. The van der Waals surface area contributed by atoms with Gasteiger partial charge in [0.05, 0.1) is 15.5 Å². The molecule has 25 heavy (non-hydrogen) atoms. The molecule has 0 aliphatic carbocycles. The maximum atomic E-state index is 13.0. The van der Waals surface area contributed by atoms with Gasteiger partial charge in [0, 0.05) is 20.6 Å². The van der Waals surface area contributed by atoms with Crippen LogP contribution < -0.4 is 4.31 Å². The summed E-state index contributed by atoms with van der Waals surface area (Å²) in [5.41, 5.74) is 1.09. The minimum Gasteiger partial charge on any atom is -0.266 e. The van der Waals surface area contributed by atoms with Crippen LogP contribution in [0.3, 0.4) is 0 Å². The van der Waals surface area contributed by atoms with E-state index in [4.69, 9.17) is 0 Å². The predicted octanol–water partition coefficient (Wildman–Crippen LogP) is 1.83. The summed E-state index contributed by atoms with van der Waals surface area (Å²) >= 11 is 0. The molecule has 134 valence electrons. The Bertz CT molecular complexity index is 1020. The molecule has 6 nitrogen and oxygen atoms in total. The van der Waals surface area contributed by atoms with Crippen LogP contribution in [0.15, 0.2) is 52.3 Å². The number of sulfonamides is 2. The van der Waals surface area contributed by atoms with Gasteiger partial charge in [-0.1, -0.05) is 0 Å². The smallest absolute Gasteiger partial charge is 0.264 e. The number of nitrogens with zero attached hydrogens (tertiary/aromatic N) is 2. The van der Waals surface area contributed by atoms with Crippen molar-refractivity contribution >= 4 is 25.7 Å². The van der Waals surface area contributed by atoms with E-state index in [0.717, 1.165) is 16.4 Å². The summed E-state index contributed by atoms with van der Waals surface area (Å²) in [6.45, 7) is 0.209. The van der Waals surface area contributed by atoms with Crippen LogP contribution in [0.1, 0.15) is 5.56 Å². The quantitative estimate of drug-likeness (QED) is 0.806. The van der Waals surface area contributed by atoms with Crippen molar-refractivity contribution in [2.24, 2.45) is 0 Å². The second kappa shape index (κ2) is 6.08. The molecule has 2 aromatic rings. The average molecular weight is 384 g/mol.